The minimum Gasteiger partial charge on any atom is -0.352 e. The minimum absolute atomic E-state index is 0.00935. The van der Waals surface area contributed by atoms with Gasteiger partial charge in [-0.2, -0.15) is 0 Å². The fourth-order valence-corrected chi connectivity index (χ4v) is 5.50. The molecule has 0 aliphatic rings. The van der Waals surface area contributed by atoms with Gasteiger partial charge >= 0.3 is 0 Å². The number of rotatable bonds is 11. The monoisotopic (exact) mass is 569 g/mol. The van der Waals surface area contributed by atoms with Crippen LogP contribution >= 0.6 is 11.6 Å². The Kier molecular flexibility index (Phi) is 10.2. The maximum absolute atomic E-state index is 13.9. The predicted octanol–water partition coefficient (Wildman–Crippen LogP) is 5.48. The molecule has 0 bridgehead atoms. The third-order valence-electron chi connectivity index (χ3n) is 6.82. The molecule has 2 amide bonds. The van der Waals surface area contributed by atoms with Gasteiger partial charge in [0.25, 0.3) is 10.0 Å². The number of hydrogen-bond donors (Lipinski definition) is 1. The third-order valence-corrected chi connectivity index (χ3v) is 8.86. The van der Waals surface area contributed by atoms with Crippen LogP contribution in [0.4, 0.5) is 5.69 Å². The van der Waals surface area contributed by atoms with Crippen molar-refractivity contribution in [3.63, 3.8) is 0 Å². The normalized spacial score (nSPS) is 12.9. The van der Waals surface area contributed by atoms with Crippen LogP contribution in [0, 0.1) is 13.8 Å². The SMILES string of the molecule is CC[C@H](C)NC(=O)[C@@H](C)N(Cc1ccccc1)C(=O)CN(c1ccc(C)c(C)c1)S(=O)(=O)c1ccc(Cl)cc1. The van der Waals surface area contributed by atoms with E-state index >= 15 is 0 Å². The molecule has 208 valence electrons. The Labute approximate surface area is 236 Å². The smallest absolute Gasteiger partial charge is 0.264 e. The molecule has 0 radical (unpaired) electrons. The van der Waals surface area contributed by atoms with Crippen LogP contribution in [0.2, 0.25) is 5.02 Å². The number of nitrogens with one attached hydrogen (secondary N) is 1. The van der Waals surface area contributed by atoms with Gasteiger partial charge in [-0.1, -0.05) is 54.9 Å². The van der Waals surface area contributed by atoms with Crippen molar-refractivity contribution in [1.82, 2.24) is 10.2 Å². The standard InChI is InChI=1S/C30H36ClN3O4S/c1-6-23(4)32-30(36)24(5)33(19-25-10-8-7-9-11-25)29(35)20-34(27-15-12-21(2)22(3)18-27)39(37,38)28-16-13-26(31)14-17-28/h7-18,23-24H,6,19-20H2,1-5H3,(H,32,36)/t23-,24+/m0/s1. The quantitative estimate of drug-likeness (QED) is 0.331. The van der Waals surface area contributed by atoms with Crippen LogP contribution in [0.15, 0.2) is 77.7 Å². The lowest BCUT2D eigenvalue weighted by Gasteiger charge is -2.32. The van der Waals surface area contributed by atoms with Crippen LogP contribution in [0.5, 0.6) is 0 Å². The van der Waals surface area contributed by atoms with Gasteiger partial charge in [-0.25, -0.2) is 8.42 Å². The van der Waals surface area contributed by atoms with E-state index < -0.39 is 28.5 Å². The van der Waals surface area contributed by atoms with Crippen LogP contribution in [0.25, 0.3) is 0 Å². The summed E-state index contributed by atoms with van der Waals surface area (Å²) >= 11 is 6.00. The van der Waals surface area contributed by atoms with Gasteiger partial charge in [0.1, 0.15) is 12.6 Å². The number of carbonyl (C=O) groups excluding carboxylic acids is 2. The fraction of sp³-hybridized carbons (Fsp3) is 0.333. The second-order valence-electron chi connectivity index (χ2n) is 9.74. The molecule has 0 unspecified atom stereocenters. The number of benzene rings is 3. The first-order chi connectivity index (χ1) is 18.4. The van der Waals surface area contributed by atoms with Gasteiger partial charge in [-0.15, -0.1) is 0 Å². The lowest BCUT2D eigenvalue weighted by Crippen LogP contribution is -2.52. The highest BCUT2D eigenvalue weighted by molar-refractivity contribution is 7.92. The first kappa shape index (κ1) is 30.2. The predicted molar refractivity (Wildman–Crippen MR) is 156 cm³/mol. The molecule has 0 heterocycles. The molecular weight excluding hydrogens is 534 g/mol. The van der Waals surface area contributed by atoms with Gasteiger partial charge in [-0.05, 0) is 87.2 Å². The first-order valence-electron chi connectivity index (χ1n) is 12.9. The van der Waals surface area contributed by atoms with Gasteiger partial charge in [0.2, 0.25) is 11.8 Å². The van der Waals surface area contributed by atoms with Crippen LogP contribution in [-0.4, -0.2) is 43.8 Å². The van der Waals surface area contributed by atoms with Crippen molar-refractivity contribution in [1.29, 1.82) is 0 Å². The van der Waals surface area contributed by atoms with Gasteiger partial charge in [-0.3, -0.25) is 13.9 Å². The highest BCUT2D eigenvalue weighted by Crippen LogP contribution is 2.27. The molecule has 0 aliphatic carbocycles. The molecule has 0 saturated heterocycles. The van der Waals surface area contributed by atoms with E-state index in [1.54, 1.807) is 19.1 Å². The summed E-state index contributed by atoms with van der Waals surface area (Å²) in [5.41, 5.74) is 3.07. The Morgan fingerprint density at radius 2 is 1.56 bits per heavy atom. The summed E-state index contributed by atoms with van der Waals surface area (Å²) < 4.78 is 28.9. The van der Waals surface area contributed by atoms with Crippen molar-refractivity contribution in [3.8, 4) is 0 Å². The molecule has 2 atom stereocenters. The summed E-state index contributed by atoms with van der Waals surface area (Å²) in [5, 5.41) is 3.33. The van der Waals surface area contributed by atoms with Gasteiger partial charge < -0.3 is 10.2 Å². The maximum atomic E-state index is 13.9. The zero-order valence-electron chi connectivity index (χ0n) is 23.0. The van der Waals surface area contributed by atoms with Gasteiger partial charge in [0.15, 0.2) is 0 Å². The van der Waals surface area contributed by atoms with E-state index in [9.17, 15) is 18.0 Å². The Bertz CT molecular complexity index is 1400. The zero-order chi connectivity index (χ0) is 28.7. The molecule has 7 nitrogen and oxygen atoms in total. The van der Waals surface area contributed by atoms with E-state index in [-0.39, 0.29) is 23.4 Å². The van der Waals surface area contributed by atoms with E-state index in [4.69, 9.17) is 11.6 Å². The minimum atomic E-state index is -4.14. The summed E-state index contributed by atoms with van der Waals surface area (Å²) in [6.45, 7) is 9.00. The molecule has 39 heavy (non-hydrogen) atoms. The molecule has 0 saturated carbocycles. The maximum Gasteiger partial charge on any atom is 0.264 e. The lowest BCUT2D eigenvalue weighted by molar-refractivity contribution is -0.139. The second kappa shape index (κ2) is 13.1. The molecule has 3 rings (SSSR count). The highest BCUT2D eigenvalue weighted by Gasteiger charge is 2.33. The number of amides is 2. The topological polar surface area (TPSA) is 86.8 Å². The van der Waals surface area contributed by atoms with Crippen molar-refractivity contribution >= 4 is 39.1 Å². The zero-order valence-corrected chi connectivity index (χ0v) is 24.6. The van der Waals surface area contributed by atoms with Crippen LogP contribution in [0.1, 0.15) is 43.9 Å². The van der Waals surface area contributed by atoms with Gasteiger partial charge in [0, 0.05) is 17.6 Å². The number of anilines is 1. The van der Waals surface area contributed by atoms with E-state index in [1.807, 2.05) is 64.1 Å². The van der Waals surface area contributed by atoms with Crippen molar-refractivity contribution in [3.05, 3.63) is 94.5 Å². The molecule has 0 spiro atoms. The number of nitrogens with zero attached hydrogens (tertiary/aromatic N) is 2. The van der Waals surface area contributed by atoms with Crippen molar-refractivity contribution in [2.45, 2.75) is 64.6 Å². The molecule has 0 fully saturated rings. The van der Waals surface area contributed by atoms with Crippen molar-refractivity contribution in [2.75, 3.05) is 10.8 Å². The fourth-order valence-electron chi connectivity index (χ4n) is 3.97. The van der Waals surface area contributed by atoms with Crippen LogP contribution in [0.3, 0.4) is 0 Å². The number of aryl methyl sites for hydroxylation is 2. The number of hydrogen-bond acceptors (Lipinski definition) is 4. The first-order valence-corrected chi connectivity index (χ1v) is 14.7. The van der Waals surface area contributed by atoms with Gasteiger partial charge in [0.05, 0.1) is 10.6 Å². The summed E-state index contributed by atoms with van der Waals surface area (Å²) in [4.78, 5) is 28.5. The van der Waals surface area contributed by atoms with E-state index in [1.165, 1.54) is 29.2 Å². The molecule has 0 aromatic heterocycles. The highest BCUT2D eigenvalue weighted by atomic mass is 35.5. The number of halogens is 1. The summed E-state index contributed by atoms with van der Waals surface area (Å²) in [7, 11) is -4.14. The number of sulfonamides is 1. The molecule has 3 aromatic carbocycles. The third kappa shape index (κ3) is 7.61. The van der Waals surface area contributed by atoms with Crippen LogP contribution < -0.4 is 9.62 Å². The second-order valence-corrected chi connectivity index (χ2v) is 12.0. The van der Waals surface area contributed by atoms with E-state index in [0.29, 0.717) is 10.7 Å². The summed E-state index contributed by atoms with van der Waals surface area (Å²) in [6, 6.07) is 19.5. The summed E-state index contributed by atoms with van der Waals surface area (Å²) in [6.07, 6.45) is 0.741. The Morgan fingerprint density at radius 3 is 2.15 bits per heavy atom. The average Bonchev–Trinajstić information content (AvgIpc) is 2.92. The lowest BCUT2D eigenvalue weighted by atomic mass is 10.1. The Balaban J connectivity index is 2.04. The molecule has 0 aliphatic heterocycles. The summed E-state index contributed by atoms with van der Waals surface area (Å²) in [5.74, 6) is -0.798. The van der Waals surface area contributed by atoms with Crippen LogP contribution in [-0.2, 0) is 26.2 Å². The number of carbonyl (C=O) groups is 2. The Hall–Kier alpha value is -3.36. The Morgan fingerprint density at radius 1 is 0.923 bits per heavy atom. The molecule has 9 heteroatoms. The van der Waals surface area contributed by atoms with Crippen molar-refractivity contribution < 1.29 is 18.0 Å². The average molecular weight is 570 g/mol. The van der Waals surface area contributed by atoms with E-state index in [0.717, 1.165) is 27.4 Å². The van der Waals surface area contributed by atoms with Crippen molar-refractivity contribution in [2.24, 2.45) is 0 Å². The largest absolute Gasteiger partial charge is 0.352 e. The molecule has 3 aromatic rings. The molecular formula is C30H36ClN3O4S. The van der Waals surface area contributed by atoms with E-state index in [2.05, 4.69) is 5.32 Å². The molecule has 1 N–H and O–H groups in total.